The van der Waals surface area contributed by atoms with E-state index in [1.165, 1.54) is 4.90 Å². The lowest BCUT2D eigenvalue weighted by Gasteiger charge is -2.22. The summed E-state index contributed by atoms with van der Waals surface area (Å²) in [4.78, 5) is 48.7. The quantitative estimate of drug-likeness (QED) is 0.500. The van der Waals surface area contributed by atoms with E-state index in [1.54, 1.807) is 60.7 Å². The Kier molecular flexibility index (Phi) is 7.90. The summed E-state index contributed by atoms with van der Waals surface area (Å²) < 4.78 is 5.00. The van der Waals surface area contributed by atoms with E-state index in [4.69, 9.17) is 10.5 Å². The van der Waals surface area contributed by atoms with Gasteiger partial charge in [0.05, 0.1) is 6.42 Å². The van der Waals surface area contributed by atoms with Gasteiger partial charge in [0.1, 0.15) is 0 Å². The van der Waals surface area contributed by atoms with Crippen molar-refractivity contribution in [2.75, 3.05) is 18.1 Å². The standard InChI is InChI=1S/C21H22N2O5/c22-19(25)13-14-23(17-9-5-2-6-10-17)20(26)15-28-21(27)12-11-18(24)16-7-3-1-4-8-16/h1-10H,11-15H2,(H2,22,25). The second kappa shape index (κ2) is 10.6. The topological polar surface area (TPSA) is 107 Å². The number of hydrogen-bond acceptors (Lipinski definition) is 5. The lowest BCUT2D eigenvalue weighted by molar-refractivity contribution is -0.147. The molecule has 0 saturated carbocycles. The molecule has 28 heavy (non-hydrogen) atoms. The van der Waals surface area contributed by atoms with E-state index in [-0.39, 0.29) is 31.6 Å². The van der Waals surface area contributed by atoms with Gasteiger partial charge in [-0.3, -0.25) is 19.2 Å². The second-order valence-electron chi connectivity index (χ2n) is 6.05. The number of amides is 2. The summed E-state index contributed by atoms with van der Waals surface area (Å²) in [5, 5.41) is 0. The van der Waals surface area contributed by atoms with Crippen molar-refractivity contribution in [3.8, 4) is 0 Å². The van der Waals surface area contributed by atoms with Crippen LogP contribution in [0.3, 0.4) is 0 Å². The van der Waals surface area contributed by atoms with E-state index >= 15 is 0 Å². The van der Waals surface area contributed by atoms with Crippen LogP contribution >= 0.6 is 0 Å². The summed E-state index contributed by atoms with van der Waals surface area (Å²) in [6.07, 6.45) is -0.130. The molecule has 0 unspecified atom stereocenters. The first kappa shape index (κ1) is 20.8. The molecule has 0 aromatic heterocycles. The van der Waals surface area contributed by atoms with Crippen LogP contribution in [0.2, 0.25) is 0 Å². The second-order valence-corrected chi connectivity index (χ2v) is 6.05. The Morgan fingerprint density at radius 2 is 1.43 bits per heavy atom. The van der Waals surface area contributed by atoms with Crippen LogP contribution in [0.15, 0.2) is 60.7 Å². The highest BCUT2D eigenvalue weighted by atomic mass is 16.5. The van der Waals surface area contributed by atoms with Crippen molar-refractivity contribution in [3.05, 3.63) is 66.2 Å². The van der Waals surface area contributed by atoms with E-state index < -0.39 is 24.4 Å². The number of carbonyl (C=O) groups is 4. The molecule has 0 bridgehead atoms. The molecule has 0 saturated heterocycles. The van der Waals surface area contributed by atoms with Gasteiger partial charge in [-0.25, -0.2) is 0 Å². The molecule has 0 aliphatic carbocycles. The predicted molar refractivity (Wildman–Crippen MR) is 104 cm³/mol. The van der Waals surface area contributed by atoms with Gasteiger partial charge < -0.3 is 15.4 Å². The lowest BCUT2D eigenvalue weighted by atomic mass is 10.1. The van der Waals surface area contributed by atoms with Gasteiger partial charge in [0, 0.05) is 30.6 Å². The molecule has 2 rings (SSSR count). The molecule has 2 amide bonds. The first-order valence-electron chi connectivity index (χ1n) is 8.85. The minimum Gasteiger partial charge on any atom is -0.456 e. The van der Waals surface area contributed by atoms with Crippen LogP contribution in [0.4, 0.5) is 5.69 Å². The Balaban J connectivity index is 1.86. The fraction of sp³-hybridized carbons (Fsp3) is 0.238. The van der Waals surface area contributed by atoms with Crippen molar-refractivity contribution >= 4 is 29.3 Å². The van der Waals surface area contributed by atoms with Crippen LogP contribution in [-0.2, 0) is 19.1 Å². The molecule has 146 valence electrons. The Morgan fingerprint density at radius 3 is 2.04 bits per heavy atom. The van der Waals surface area contributed by atoms with Crippen LogP contribution < -0.4 is 10.6 Å². The maximum absolute atomic E-state index is 12.4. The van der Waals surface area contributed by atoms with E-state index in [9.17, 15) is 19.2 Å². The largest absolute Gasteiger partial charge is 0.456 e. The monoisotopic (exact) mass is 382 g/mol. The van der Waals surface area contributed by atoms with E-state index in [0.717, 1.165) is 0 Å². The fourth-order valence-corrected chi connectivity index (χ4v) is 2.50. The first-order chi connectivity index (χ1) is 13.5. The minimum absolute atomic E-state index is 0.00110. The van der Waals surface area contributed by atoms with Crippen molar-refractivity contribution in [2.45, 2.75) is 19.3 Å². The number of esters is 1. The molecule has 2 aromatic carbocycles. The first-order valence-corrected chi connectivity index (χ1v) is 8.85. The molecule has 0 heterocycles. The highest BCUT2D eigenvalue weighted by Crippen LogP contribution is 2.14. The van der Waals surface area contributed by atoms with Crippen LogP contribution in [0.1, 0.15) is 29.6 Å². The molecule has 0 aliphatic rings. The number of benzene rings is 2. The SMILES string of the molecule is NC(=O)CCN(C(=O)COC(=O)CCC(=O)c1ccccc1)c1ccccc1. The molecule has 0 atom stereocenters. The van der Waals surface area contributed by atoms with Crippen molar-refractivity contribution in [2.24, 2.45) is 5.73 Å². The van der Waals surface area contributed by atoms with Gasteiger partial charge in [0.15, 0.2) is 12.4 Å². The Bertz CT molecular complexity index is 821. The molecule has 0 aliphatic heterocycles. The number of carbonyl (C=O) groups excluding carboxylic acids is 4. The van der Waals surface area contributed by atoms with Crippen molar-refractivity contribution in [3.63, 3.8) is 0 Å². The van der Waals surface area contributed by atoms with Crippen molar-refractivity contribution in [1.82, 2.24) is 0 Å². The zero-order valence-electron chi connectivity index (χ0n) is 15.4. The van der Waals surface area contributed by atoms with Gasteiger partial charge in [-0.15, -0.1) is 0 Å². The number of para-hydroxylation sites is 1. The number of hydrogen-bond donors (Lipinski definition) is 1. The molecule has 0 spiro atoms. The number of rotatable bonds is 10. The van der Waals surface area contributed by atoms with E-state index in [0.29, 0.717) is 11.3 Å². The summed E-state index contributed by atoms with van der Waals surface area (Å²) in [6, 6.07) is 17.3. The zero-order chi connectivity index (χ0) is 20.4. The number of ether oxygens (including phenoxy) is 1. The van der Waals surface area contributed by atoms with Crippen LogP contribution in [0, 0.1) is 0 Å². The third kappa shape index (κ3) is 6.68. The molecule has 7 nitrogen and oxygen atoms in total. The Hall–Kier alpha value is -3.48. The third-order valence-electron chi connectivity index (χ3n) is 3.96. The number of anilines is 1. The number of Topliss-reactive ketones (excluding diaryl/α,β-unsaturated/α-hetero) is 1. The highest BCUT2D eigenvalue weighted by Gasteiger charge is 2.18. The summed E-state index contributed by atoms with van der Waals surface area (Å²) in [5.74, 6) is -1.82. The normalized spacial score (nSPS) is 10.1. The lowest BCUT2D eigenvalue weighted by Crippen LogP contribution is -2.37. The van der Waals surface area contributed by atoms with Gasteiger partial charge in [-0.2, -0.15) is 0 Å². The Labute approximate surface area is 163 Å². The van der Waals surface area contributed by atoms with Crippen LogP contribution in [-0.4, -0.2) is 36.7 Å². The number of primary amides is 1. The molecular formula is C21H22N2O5. The van der Waals surface area contributed by atoms with Gasteiger partial charge >= 0.3 is 5.97 Å². The molecule has 2 N–H and O–H groups in total. The Morgan fingerprint density at radius 1 is 0.821 bits per heavy atom. The van der Waals surface area contributed by atoms with Crippen molar-refractivity contribution in [1.29, 1.82) is 0 Å². The summed E-state index contributed by atoms with van der Waals surface area (Å²) in [5.41, 5.74) is 6.26. The summed E-state index contributed by atoms with van der Waals surface area (Å²) in [7, 11) is 0. The zero-order valence-corrected chi connectivity index (χ0v) is 15.4. The van der Waals surface area contributed by atoms with Crippen molar-refractivity contribution < 1.29 is 23.9 Å². The van der Waals surface area contributed by atoms with Crippen LogP contribution in [0.5, 0.6) is 0 Å². The predicted octanol–water partition coefficient (Wildman–Crippen LogP) is 2.10. The van der Waals surface area contributed by atoms with Gasteiger partial charge in [-0.05, 0) is 12.1 Å². The average molecular weight is 382 g/mol. The maximum atomic E-state index is 12.4. The molecule has 0 radical (unpaired) electrons. The van der Waals surface area contributed by atoms with Gasteiger partial charge in [0.2, 0.25) is 5.91 Å². The minimum atomic E-state index is -0.638. The maximum Gasteiger partial charge on any atom is 0.306 e. The van der Waals surface area contributed by atoms with Gasteiger partial charge in [0.25, 0.3) is 5.91 Å². The van der Waals surface area contributed by atoms with Crippen LogP contribution in [0.25, 0.3) is 0 Å². The summed E-state index contributed by atoms with van der Waals surface area (Å²) in [6.45, 7) is -0.395. The van der Waals surface area contributed by atoms with Gasteiger partial charge in [-0.1, -0.05) is 48.5 Å². The number of nitrogens with two attached hydrogens (primary N) is 1. The number of ketones is 1. The molecular weight excluding hydrogens is 360 g/mol. The third-order valence-corrected chi connectivity index (χ3v) is 3.96. The van der Waals surface area contributed by atoms with E-state index in [1.807, 2.05) is 0 Å². The smallest absolute Gasteiger partial charge is 0.306 e. The molecule has 2 aromatic rings. The fourth-order valence-electron chi connectivity index (χ4n) is 2.50. The van der Waals surface area contributed by atoms with E-state index in [2.05, 4.69) is 0 Å². The molecule has 7 heteroatoms. The summed E-state index contributed by atoms with van der Waals surface area (Å²) >= 11 is 0. The highest BCUT2D eigenvalue weighted by molar-refractivity contribution is 5.98. The number of nitrogens with zero attached hydrogens (tertiary/aromatic N) is 1. The average Bonchev–Trinajstić information content (AvgIpc) is 2.71. The molecule has 0 fully saturated rings.